The summed E-state index contributed by atoms with van der Waals surface area (Å²) >= 11 is 0. The normalized spacial score (nSPS) is 13.1. The molecule has 9 aromatic carbocycles. The molecule has 0 amide bonds. The van der Waals surface area contributed by atoms with Gasteiger partial charge in [-0.05, 0) is 91.2 Å². The highest BCUT2D eigenvalue weighted by Gasteiger charge is 2.36. The molecule has 0 saturated carbocycles. The van der Waals surface area contributed by atoms with Crippen LogP contribution in [0.25, 0.3) is 110 Å². The molecule has 58 heavy (non-hydrogen) atoms. The summed E-state index contributed by atoms with van der Waals surface area (Å²) in [6.45, 7) is 4.70. The molecule has 0 N–H and O–H groups in total. The Bertz CT molecular complexity index is 3460. The molecular weight excluding hydrogens is 705 g/mol. The molecule has 0 aliphatic heterocycles. The number of hydrogen-bond donors (Lipinski definition) is 0. The van der Waals surface area contributed by atoms with Crippen molar-refractivity contribution >= 4 is 54.5 Å². The Balaban J connectivity index is 0.895. The van der Waals surface area contributed by atoms with Crippen molar-refractivity contribution in [2.75, 3.05) is 0 Å². The van der Waals surface area contributed by atoms with Crippen LogP contribution in [-0.2, 0) is 5.41 Å². The van der Waals surface area contributed by atoms with Crippen molar-refractivity contribution in [1.29, 1.82) is 0 Å². The summed E-state index contributed by atoms with van der Waals surface area (Å²) in [5, 5.41) is 6.96. The van der Waals surface area contributed by atoms with E-state index in [1.54, 1.807) is 0 Å². The molecule has 0 bridgehead atoms. The van der Waals surface area contributed by atoms with Gasteiger partial charge in [0.25, 0.3) is 0 Å². The van der Waals surface area contributed by atoms with Crippen LogP contribution in [0.4, 0.5) is 0 Å². The number of para-hydroxylation sites is 2. The lowest BCUT2D eigenvalue weighted by molar-refractivity contribution is 0.661. The van der Waals surface area contributed by atoms with Crippen molar-refractivity contribution in [3.8, 4) is 55.8 Å². The zero-order valence-electron chi connectivity index (χ0n) is 32.1. The minimum atomic E-state index is -0.201. The number of furan rings is 1. The molecule has 0 unspecified atom stereocenters. The third kappa shape index (κ3) is 4.86. The molecule has 11 aromatic rings. The zero-order valence-corrected chi connectivity index (χ0v) is 32.1. The lowest BCUT2D eigenvalue weighted by Gasteiger charge is -2.22. The predicted octanol–water partition coefficient (Wildman–Crippen LogP) is 14.8. The average Bonchev–Trinajstić information content (AvgIpc) is 3.78. The van der Waals surface area contributed by atoms with Crippen LogP contribution in [0.15, 0.2) is 187 Å². The minimum Gasteiger partial charge on any atom is -0.455 e. The van der Waals surface area contributed by atoms with E-state index in [0.717, 1.165) is 66.1 Å². The second kappa shape index (κ2) is 12.3. The predicted molar refractivity (Wildman–Crippen MR) is 241 cm³/mol. The van der Waals surface area contributed by atoms with Gasteiger partial charge in [0.15, 0.2) is 0 Å². The topological polar surface area (TPSA) is 38.9 Å². The van der Waals surface area contributed by atoms with E-state index in [9.17, 15) is 0 Å². The Morgan fingerprint density at radius 2 is 0.914 bits per heavy atom. The van der Waals surface area contributed by atoms with Gasteiger partial charge >= 0.3 is 0 Å². The van der Waals surface area contributed by atoms with Crippen LogP contribution in [0.5, 0.6) is 0 Å². The van der Waals surface area contributed by atoms with Gasteiger partial charge in [0.1, 0.15) is 11.2 Å². The summed E-state index contributed by atoms with van der Waals surface area (Å²) < 4.78 is 6.40. The molecule has 272 valence electrons. The van der Waals surface area contributed by atoms with Crippen LogP contribution >= 0.6 is 0 Å². The number of hydrogen-bond acceptors (Lipinski definition) is 3. The molecule has 1 aliphatic rings. The number of nitrogens with zero attached hydrogens (tertiary/aromatic N) is 2. The van der Waals surface area contributed by atoms with E-state index in [0.29, 0.717) is 0 Å². The number of benzene rings is 9. The van der Waals surface area contributed by atoms with Crippen molar-refractivity contribution in [2.45, 2.75) is 19.3 Å². The van der Waals surface area contributed by atoms with Gasteiger partial charge in [-0.2, -0.15) is 0 Å². The fourth-order valence-electron chi connectivity index (χ4n) is 9.56. The Morgan fingerprint density at radius 3 is 1.62 bits per heavy atom. The summed E-state index contributed by atoms with van der Waals surface area (Å²) in [4.78, 5) is 10.4. The highest BCUT2D eigenvalue weighted by atomic mass is 16.3. The summed E-state index contributed by atoms with van der Waals surface area (Å²) in [6, 6.07) is 63.3. The highest BCUT2D eigenvalue weighted by molar-refractivity contribution is 6.23. The highest BCUT2D eigenvalue weighted by Crippen LogP contribution is 2.51. The molecular formula is C55H36N2O. The maximum Gasteiger partial charge on any atom is 0.143 e. The second-order valence-corrected chi connectivity index (χ2v) is 16.1. The fraction of sp³-hybridized carbons (Fsp3) is 0.0545. The van der Waals surface area contributed by atoms with E-state index in [1.807, 2.05) is 18.3 Å². The molecule has 1 aliphatic carbocycles. The molecule has 0 atom stereocenters. The van der Waals surface area contributed by atoms with E-state index >= 15 is 0 Å². The van der Waals surface area contributed by atoms with Crippen LogP contribution in [0, 0.1) is 0 Å². The number of aromatic nitrogens is 2. The summed E-state index contributed by atoms with van der Waals surface area (Å²) in [6.07, 6.45) is 1.94. The van der Waals surface area contributed by atoms with Gasteiger partial charge in [-0.15, -0.1) is 0 Å². The van der Waals surface area contributed by atoms with E-state index in [2.05, 4.69) is 178 Å². The third-order valence-corrected chi connectivity index (χ3v) is 12.5. The van der Waals surface area contributed by atoms with Crippen LogP contribution < -0.4 is 0 Å². The first-order valence-electron chi connectivity index (χ1n) is 20.0. The van der Waals surface area contributed by atoms with E-state index in [-0.39, 0.29) is 5.41 Å². The molecule has 2 heterocycles. The van der Waals surface area contributed by atoms with Gasteiger partial charge in [0, 0.05) is 38.1 Å². The molecule has 3 heteroatoms. The van der Waals surface area contributed by atoms with Crippen molar-refractivity contribution in [2.24, 2.45) is 0 Å². The minimum absolute atomic E-state index is 0.201. The van der Waals surface area contributed by atoms with Crippen LogP contribution in [-0.4, -0.2) is 9.97 Å². The summed E-state index contributed by atoms with van der Waals surface area (Å²) in [5.41, 5.74) is 17.7. The van der Waals surface area contributed by atoms with Crippen LogP contribution in [0.3, 0.4) is 0 Å². The standard InChI is InChI=1S/C55H36N2O/c1-55(2)48-30-36(34-13-9-12-33(28-34)35-14-10-15-37(29-35)39-21-11-22-47-44-18-7-8-23-51(44)58-54(39)47)24-26-42(48)43-27-25-38(31-49(43)55)50-32-56-52-45-19-5-3-16-40(45)41-17-4-6-20-46(41)53(52)57-50/h3-32H,1-2H3. The van der Waals surface area contributed by atoms with Gasteiger partial charge < -0.3 is 4.42 Å². The second-order valence-electron chi connectivity index (χ2n) is 16.1. The summed E-state index contributed by atoms with van der Waals surface area (Å²) in [5.74, 6) is 0. The fourth-order valence-corrected chi connectivity index (χ4v) is 9.56. The first-order chi connectivity index (χ1) is 28.5. The lowest BCUT2D eigenvalue weighted by atomic mass is 9.81. The van der Waals surface area contributed by atoms with E-state index in [4.69, 9.17) is 14.4 Å². The van der Waals surface area contributed by atoms with Crippen LogP contribution in [0.2, 0.25) is 0 Å². The van der Waals surface area contributed by atoms with Crippen molar-refractivity contribution in [1.82, 2.24) is 9.97 Å². The van der Waals surface area contributed by atoms with Crippen LogP contribution in [0.1, 0.15) is 25.0 Å². The van der Waals surface area contributed by atoms with Gasteiger partial charge in [-0.1, -0.05) is 159 Å². The molecule has 0 fully saturated rings. The first kappa shape index (κ1) is 32.8. The monoisotopic (exact) mass is 740 g/mol. The number of rotatable bonds is 4. The van der Waals surface area contributed by atoms with Gasteiger partial charge in [0.2, 0.25) is 0 Å². The van der Waals surface area contributed by atoms with Gasteiger partial charge in [0.05, 0.1) is 22.9 Å². The maximum atomic E-state index is 6.40. The Labute approximate surface area is 335 Å². The largest absolute Gasteiger partial charge is 0.455 e. The lowest BCUT2D eigenvalue weighted by Crippen LogP contribution is -2.15. The van der Waals surface area contributed by atoms with Gasteiger partial charge in [-0.3, -0.25) is 4.98 Å². The number of fused-ring (bicyclic) bond motifs is 12. The zero-order chi connectivity index (χ0) is 38.5. The van der Waals surface area contributed by atoms with E-state index < -0.39 is 0 Å². The maximum absolute atomic E-state index is 6.40. The molecule has 0 radical (unpaired) electrons. The third-order valence-electron chi connectivity index (χ3n) is 12.5. The van der Waals surface area contributed by atoms with Crippen molar-refractivity contribution < 1.29 is 4.42 Å². The SMILES string of the molecule is CC1(C)c2cc(-c3cccc(-c4cccc(-c5cccc6c5oc5ccccc56)c4)c3)ccc2-c2ccc(-c3cnc4c5ccccc5c5ccccc5c4n3)cc21. The molecule has 2 aromatic heterocycles. The summed E-state index contributed by atoms with van der Waals surface area (Å²) in [7, 11) is 0. The van der Waals surface area contributed by atoms with E-state index in [1.165, 1.54) is 55.3 Å². The first-order valence-corrected chi connectivity index (χ1v) is 20.0. The van der Waals surface area contributed by atoms with Crippen molar-refractivity contribution in [3.63, 3.8) is 0 Å². The Hall–Kier alpha value is -7.36. The molecule has 0 saturated heterocycles. The molecule has 3 nitrogen and oxygen atoms in total. The Morgan fingerprint density at radius 1 is 0.397 bits per heavy atom. The molecule has 0 spiro atoms. The quantitative estimate of drug-likeness (QED) is 0.169. The van der Waals surface area contributed by atoms with Crippen molar-refractivity contribution in [3.05, 3.63) is 193 Å². The average molecular weight is 741 g/mol. The smallest absolute Gasteiger partial charge is 0.143 e. The Kier molecular flexibility index (Phi) is 6.98. The van der Waals surface area contributed by atoms with Gasteiger partial charge in [-0.25, -0.2) is 4.98 Å². The molecule has 12 rings (SSSR count).